The van der Waals surface area contributed by atoms with E-state index in [4.69, 9.17) is 10.5 Å². The Morgan fingerprint density at radius 3 is 1.38 bits per heavy atom. The number of benzene rings is 2. The lowest BCUT2D eigenvalue weighted by Crippen LogP contribution is -2.64. The summed E-state index contributed by atoms with van der Waals surface area (Å²) in [4.78, 5) is 40.6. The van der Waals surface area contributed by atoms with Gasteiger partial charge in [-0.05, 0) is 48.2 Å². The molecule has 0 atom stereocenters. The predicted molar refractivity (Wildman–Crippen MR) is 103 cm³/mol. The standard InChI is InChI=1S/C22H18N4O3/c1-25-19(27)22(20(28)26(2)21(25)29,11-15-3-7-17(13-23)8-4-15)12-16-5-9-18(14-24)10-6-16/h3-10H,11-12H2,1-2H3. The van der Waals surface area contributed by atoms with Crippen LogP contribution in [0, 0.1) is 28.1 Å². The van der Waals surface area contributed by atoms with Crippen molar-refractivity contribution in [2.24, 2.45) is 5.41 Å². The zero-order valence-corrected chi connectivity index (χ0v) is 16.0. The summed E-state index contributed by atoms with van der Waals surface area (Å²) in [6.45, 7) is 0. The molecule has 2 aromatic carbocycles. The van der Waals surface area contributed by atoms with E-state index in [9.17, 15) is 14.4 Å². The third-order valence-electron chi connectivity index (χ3n) is 5.18. The maximum absolute atomic E-state index is 13.2. The Morgan fingerprint density at radius 2 is 1.07 bits per heavy atom. The van der Waals surface area contributed by atoms with E-state index in [0.29, 0.717) is 22.3 Å². The van der Waals surface area contributed by atoms with Gasteiger partial charge in [0.25, 0.3) is 0 Å². The minimum atomic E-state index is -1.50. The first-order valence-corrected chi connectivity index (χ1v) is 8.91. The van der Waals surface area contributed by atoms with Crippen molar-refractivity contribution >= 4 is 17.8 Å². The van der Waals surface area contributed by atoms with Crippen molar-refractivity contribution in [3.63, 3.8) is 0 Å². The molecule has 1 aliphatic heterocycles. The first-order valence-electron chi connectivity index (χ1n) is 8.91. The molecular formula is C22H18N4O3. The molecule has 0 saturated carbocycles. The van der Waals surface area contributed by atoms with Gasteiger partial charge in [0.05, 0.1) is 23.3 Å². The molecule has 0 bridgehead atoms. The molecule has 1 fully saturated rings. The second-order valence-corrected chi connectivity index (χ2v) is 7.06. The van der Waals surface area contributed by atoms with E-state index in [2.05, 4.69) is 0 Å². The van der Waals surface area contributed by atoms with Gasteiger partial charge in [-0.2, -0.15) is 10.5 Å². The molecule has 1 aliphatic rings. The first-order chi connectivity index (χ1) is 13.8. The van der Waals surface area contributed by atoms with Gasteiger partial charge in [-0.15, -0.1) is 0 Å². The average Bonchev–Trinajstić information content (AvgIpc) is 2.76. The molecule has 0 aliphatic carbocycles. The highest BCUT2D eigenvalue weighted by atomic mass is 16.2. The van der Waals surface area contributed by atoms with Crippen LogP contribution >= 0.6 is 0 Å². The topological polar surface area (TPSA) is 105 Å². The van der Waals surface area contributed by atoms with Crippen LogP contribution in [0.5, 0.6) is 0 Å². The van der Waals surface area contributed by atoms with E-state index in [1.54, 1.807) is 48.5 Å². The van der Waals surface area contributed by atoms with Gasteiger partial charge in [-0.1, -0.05) is 24.3 Å². The van der Waals surface area contributed by atoms with Crippen molar-refractivity contribution in [1.82, 2.24) is 9.80 Å². The Kier molecular flexibility index (Phi) is 5.16. The summed E-state index contributed by atoms with van der Waals surface area (Å²) < 4.78 is 0. The largest absolute Gasteiger partial charge is 0.332 e. The van der Waals surface area contributed by atoms with Crippen molar-refractivity contribution in [1.29, 1.82) is 10.5 Å². The summed E-state index contributed by atoms with van der Waals surface area (Å²) in [6.07, 6.45) is 0.163. The molecule has 2 aromatic rings. The normalized spacial score (nSPS) is 15.8. The lowest BCUT2D eigenvalue weighted by molar-refractivity contribution is -0.157. The van der Waals surface area contributed by atoms with Gasteiger partial charge in [-0.3, -0.25) is 19.4 Å². The number of imide groups is 2. The number of barbiturate groups is 1. The smallest absolute Gasteiger partial charge is 0.273 e. The lowest BCUT2D eigenvalue weighted by atomic mass is 9.73. The summed E-state index contributed by atoms with van der Waals surface area (Å²) in [6, 6.07) is 16.7. The Hall–Kier alpha value is -3.97. The minimum Gasteiger partial charge on any atom is -0.273 e. The summed E-state index contributed by atoms with van der Waals surface area (Å²) in [5.74, 6) is -1.14. The number of nitriles is 2. The van der Waals surface area contributed by atoms with Crippen LogP contribution in [0.15, 0.2) is 48.5 Å². The van der Waals surface area contributed by atoms with Crippen LogP contribution < -0.4 is 0 Å². The number of urea groups is 1. The van der Waals surface area contributed by atoms with Gasteiger partial charge >= 0.3 is 6.03 Å². The molecule has 0 spiro atoms. The van der Waals surface area contributed by atoms with Crippen molar-refractivity contribution in [3.05, 3.63) is 70.8 Å². The van der Waals surface area contributed by atoms with Crippen LogP contribution in [0.2, 0.25) is 0 Å². The molecule has 7 nitrogen and oxygen atoms in total. The second kappa shape index (κ2) is 7.57. The maximum Gasteiger partial charge on any atom is 0.332 e. The summed E-state index contributed by atoms with van der Waals surface area (Å²) >= 11 is 0. The monoisotopic (exact) mass is 386 g/mol. The molecule has 4 amide bonds. The lowest BCUT2D eigenvalue weighted by Gasteiger charge is -2.42. The maximum atomic E-state index is 13.2. The Bertz CT molecular complexity index is 974. The molecule has 0 unspecified atom stereocenters. The molecule has 0 N–H and O–H groups in total. The SMILES string of the molecule is CN1C(=O)N(C)C(=O)C(Cc2ccc(C#N)cc2)(Cc2ccc(C#N)cc2)C1=O. The zero-order chi connectivity index (χ0) is 21.2. The van der Waals surface area contributed by atoms with Gasteiger partial charge < -0.3 is 0 Å². The predicted octanol–water partition coefficient (Wildman–Crippen LogP) is 2.25. The number of amides is 4. The molecule has 1 heterocycles. The Labute approximate surface area is 168 Å². The molecule has 7 heteroatoms. The van der Waals surface area contributed by atoms with E-state index in [-0.39, 0.29) is 12.8 Å². The van der Waals surface area contributed by atoms with E-state index in [0.717, 1.165) is 9.80 Å². The molecule has 0 radical (unpaired) electrons. The number of nitrogens with zero attached hydrogens (tertiary/aromatic N) is 4. The van der Waals surface area contributed by atoms with E-state index >= 15 is 0 Å². The highest BCUT2D eigenvalue weighted by Gasteiger charge is 2.55. The van der Waals surface area contributed by atoms with Crippen LogP contribution in [0.1, 0.15) is 22.3 Å². The fourth-order valence-corrected chi connectivity index (χ4v) is 3.59. The van der Waals surface area contributed by atoms with Crippen LogP contribution in [0.4, 0.5) is 4.79 Å². The second-order valence-electron chi connectivity index (χ2n) is 7.06. The Morgan fingerprint density at radius 1 is 0.724 bits per heavy atom. The van der Waals surface area contributed by atoms with Crippen molar-refractivity contribution < 1.29 is 14.4 Å². The molecule has 1 saturated heterocycles. The summed E-state index contributed by atoms with van der Waals surface area (Å²) in [7, 11) is 2.72. The van der Waals surface area contributed by atoms with Gasteiger partial charge in [0, 0.05) is 14.1 Å². The van der Waals surface area contributed by atoms with E-state index in [1.165, 1.54) is 14.1 Å². The van der Waals surface area contributed by atoms with Crippen LogP contribution in [0.25, 0.3) is 0 Å². The quantitative estimate of drug-likeness (QED) is 0.750. The van der Waals surface area contributed by atoms with E-state index < -0.39 is 23.3 Å². The number of hydrogen-bond donors (Lipinski definition) is 0. The van der Waals surface area contributed by atoms with Gasteiger partial charge in [0.15, 0.2) is 0 Å². The summed E-state index contributed by atoms with van der Waals surface area (Å²) in [5.41, 5.74) is 0.854. The number of carbonyl (C=O) groups is 3. The van der Waals surface area contributed by atoms with Gasteiger partial charge in [-0.25, -0.2) is 4.79 Å². The van der Waals surface area contributed by atoms with E-state index in [1.807, 2.05) is 12.1 Å². The zero-order valence-electron chi connectivity index (χ0n) is 16.0. The highest BCUT2D eigenvalue weighted by molar-refractivity contribution is 6.19. The highest BCUT2D eigenvalue weighted by Crippen LogP contribution is 2.36. The molecule has 3 rings (SSSR count). The first kappa shape index (κ1) is 19.8. The Balaban J connectivity index is 2.07. The fraction of sp³-hybridized carbons (Fsp3) is 0.227. The van der Waals surface area contributed by atoms with Crippen molar-refractivity contribution in [2.45, 2.75) is 12.8 Å². The fourth-order valence-electron chi connectivity index (χ4n) is 3.59. The third kappa shape index (κ3) is 3.46. The van der Waals surface area contributed by atoms with Crippen LogP contribution in [-0.2, 0) is 22.4 Å². The number of hydrogen-bond acceptors (Lipinski definition) is 5. The molecular weight excluding hydrogens is 368 g/mol. The minimum absolute atomic E-state index is 0.0817. The van der Waals surface area contributed by atoms with Crippen molar-refractivity contribution in [2.75, 3.05) is 14.1 Å². The van der Waals surface area contributed by atoms with Gasteiger partial charge in [0.1, 0.15) is 5.41 Å². The summed E-state index contributed by atoms with van der Waals surface area (Å²) in [5, 5.41) is 18.0. The third-order valence-corrected chi connectivity index (χ3v) is 5.18. The number of rotatable bonds is 4. The van der Waals surface area contributed by atoms with Crippen LogP contribution in [0.3, 0.4) is 0 Å². The molecule has 144 valence electrons. The molecule has 0 aromatic heterocycles. The van der Waals surface area contributed by atoms with Gasteiger partial charge in [0.2, 0.25) is 11.8 Å². The number of carbonyl (C=O) groups excluding carboxylic acids is 3. The molecule has 29 heavy (non-hydrogen) atoms. The van der Waals surface area contributed by atoms with Crippen LogP contribution in [-0.4, -0.2) is 41.7 Å². The average molecular weight is 386 g/mol. The van der Waals surface area contributed by atoms with Crippen molar-refractivity contribution in [3.8, 4) is 12.1 Å².